The molecule has 1 aliphatic heterocycles. The van der Waals surface area contributed by atoms with Gasteiger partial charge in [0.1, 0.15) is 24.4 Å². The SMILES string of the molecule is CCCCC/C=C\CCCCCCCC(=O)OCC/C=C\C/C=C\CCCCCCCCCCCCCCCCC(=O)NC(COC1OC(CO)C(O)C(O)C1O)C(O)/C=C/CCCCCCCCCCCC. The molecule has 0 saturated carbocycles. The van der Waals surface area contributed by atoms with Crippen LogP contribution < -0.4 is 5.32 Å². The zero-order valence-corrected chi connectivity index (χ0v) is 46.8. The van der Waals surface area contributed by atoms with Crippen molar-refractivity contribution in [3.8, 4) is 0 Å². The van der Waals surface area contributed by atoms with Crippen LogP contribution in [-0.2, 0) is 23.8 Å². The third-order valence-corrected chi connectivity index (χ3v) is 14.2. The number of esters is 1. The minimum absolute atomic E-state index is 0.0589. The van der Waals surface area contributed by atoms with Gasteiger partial charge in [-0.05, 0) is 77.0 Å². The molecule has 0 bridgehead atoms. The molecule has 1 fully saturated rings. The van der Waals surface area contributed by atoms with Gasteiger partial charge in [0.05, 0.1) is 32.0 Å². The van der Waals surface area contributed by atoms with Crippen LogP contribution in [0.5, 0.6) is 0 Å². The molecule has 7 atom stereocenters. The molecule has 73 heavy (non-hydrogen) atoms. The minimum Gasteiger partial charge on any atom is -0.465 e. The summed E-state index contributed by atoms with van der Waals surface area (Å²) in [5.74, 6) is -0.246. The normalized spacial score (nSPS) is 19.2. The van der Waals surface area contributed by atoms with Crippen LogP contribution in [0.2, 0.25) is 0 Å². The van der Waals surface area contributed by atoms with Crippen molar-refractivity contribution in [2.24, 2.45) is 0 Å². The monoisotopic (exact) mass is 1030 g/mol. The van der Waals surface area contributed by atoms with Gasteiger partial charge in [0, 0.05) is 12.8 Å². The van der Waals surface area contributed by atoms with Gasteiger partial charge < -0.3 is 45.1 Å². The largest absolute Gasteiger partial charge is 0.465 e. The highest BCUT2D eigenvalue weighted by Gasteiger charge is 2.44. The van der Waals surface area contributed by atoms with E-state index in [1.165, 1.54) is 173 Å². The second-order valence-corrected chi connectivity index (χ2v) is 21.0. The summed E-state index contributed by atoms with van der Waals surface area (Å²) in [7, 11) is 0. The van der Waals surface area contributed by atoms with E-state index in [0.29, 0.717) is 19.4 Å². The summed E-state index contributed by atoms with van der Waals surface area (Å²) in [5.41, 5.74) is 0. The van der Waals surface area contributed by atoms with Crippen molar-refractivity contribution in [3.05, 3.63) is 48.6 Å². The molecular weight excluding hydrogens is 919 g/mol. The van der Waals surface area contributed by atoms with Crippen molar-refractivity contribution < 1.29 is 49.3 Å². The van der Waals surface area contributed by atoms with Crippen molar-refractivity contribution in [1.29, 1.82) is 0 Å². The molecule has 7 unspecified atom stereocenters. The van der Waals surface area contributed by atoms with Gasteiger partial charge >= 0.3 is 5.97 Å². The van der Waals surface area contributed by atoms with Crippen LogP contribution in [0.25, 0.3) is 0 Å². The third kappa shape index (κ3) is 41.5. The Morgan fingerprint density at radius 2 is 0.918 bits per heavy atom. The number of rotatable bonds is 52. The molecule has 6 N–H and O–H groups in total. The summed E-state index contributed by atoms with van der Waals surface area (Å²) < 4.78 is 16.6. The Kier molecular flexibility index (Phi) is 48.6. The number of hydrogen-bond acceptors (Lipinski definition) is 10. The summed E-state index contributed by atoms with van der Waals surface area (Å²) in [5, 5.41) is 54.4. The number of aliphatic hydroxyl groups is 5. The van der Waals surface area contributed by atoms with Gasteiger partial charge in [0.2, 0.25) is 5.91 Å². The van der Waals surface area contributed by atoms with E-state index in [1.807, 2.05) is 6.08 Å². The van der Waals surface area contributed by atoms with Gasteiger partial charge in [-0.2, -0.15) is 0 Å². The lowest BCUT2D eigenvalue weighted by Gasteiger charge is -2.40. The molecule has 0 aromatic rings. The molecule has 0 radical (unpaired) electrons. The molecule has 11 heteroatoms. The molecule has 1 amide bonds. The maximum Gasteiger partial charge on any atom is 0.305 e. The van der Waals surface area contributed by atoms with Crippen molar-refractivity contribution >= 4 is 11.9 Å². The fraction of sp³-hybridized carbons (Fsp3) is 0.839. The van der Waals surface area contributed by atoms with Gasteiger partial charge in [-0.3, -0.25) is 9.59 Å². The lowest BCUT2D eigenvalue weighted by atomic mass is 9.99. The number of carbonyl (C=O) groups excluding carboxylic acids is 2. The van der Waals surface area contributed by atoms with Crippen LogP contribution in [0.4, 0.5) is 0 Å². The van der Waals surface area contributed by atoms with E-state index < -0.39 is 49.5 Å². The van der Waals surface area contributed by atoms with Crippen LogP contribution in [0, 0.1) is 0 Å². The second kappa shape index (κ2) is 51.7. The van der Waals surface area contributed by atoms with Gasteiger partial charge in [0.15, 0.2) is 6.29 Å². The number of amides is 1. The average Bonchev–Trinajstić information content (AvgIpc) is 3.39. The number of allylic oxidation sites excluding steroid dienone is 6. The molecular formula is C62H113NO10. The van der Waals surface area contributed by atoms with E-state index in [-0.39, 0.29) is 18.5 Å². The van der Waals surface area contributed by atoms with E-state index >= 15 is 0 Å². The molecule has 1 aliphatic rings. The predicted octanol–water partition coefficient (Wildman–Crippen LogP) is 14.1. The van der Waals surface area contributed by atoms with E-state index in [9.17, 15) is 35.1 Å². The number of aliphatic hydroxyl groups excluding tert-OH is 5. The number of hydrogen-bond donors (Lipinski definition) is 6. The first kappa shape index (κ1) is 68.6. The topological polar surface area (TPSA) is 175 Å². The number of unbranched alkanes of at least 4 members (excludes halogenated alkanes) is 32. The lowest BCUT2D eigenvalue weighted by Crippen LogP contribution is -2.60. The predicted molar refractivity (Wildman–Crippen MR) is 301 cm³/mol. The van der Waals surface area contributed by atoms with Gasteiger partial charge in [-0.25, -0.2) is 0 Å². The summed E-state index contributed by atoms with van der Waals surface area (Å²) in [6.07, 6.45) is 55.0. The second-order valence-electron chi connectivity index (χ2n) is 21.0. The minimum atomic E-state index is -1.57. The zero-order valence-electron chi connectivity index (χ0n) is 46.8. The first-order chi connectivity index (χ1) is 35.7. The van der Waals surface area contributed by atoms with Gasteiger partial charge in [0.25, 0.3) is 0 Å². The summed E-state index contributed by atoms with van der Waals surface area (Å²) >= 11 is 0. The van der Waals surface area contributed by atoms with Crippen LogP contribution in [0.1, 0.15) is 271 Å². The Morgan fingerprint density at radius 1 is 0.507 bits per heavy atom. The molecule has 0 aliphatic carbocycles. The third-order valence-electron chi connectivity index (χ3n) is 14.2. The Hall–Kier alpha value is -2.38. The fourth-order valence-electron chi connectivity index (χ4n) is 9.33. The maximum absolute atomic E-state index is 13.0. The first-order valence-corrected chi connectivity index (χ1v) is 30.4. The van der Waals surface area contributed by atoms with E-state index in [2.05, 4.69) is 55.6 Å². The molecule has 0 aromatic carbocycles. The van der Waals surface area contributed by atoms with Gasteiger partial charge in [-0.1, -0.05) is 229 Å². The van der Waals surface area contributed by atoms with E-state index in [0.717, 1.165) is 70.6 Å². The van der Waals surface area contributed by atoms with Crippen molar-refractivity contribution in [1.82, 2.24) is 5.32 Å². The highest BCUT2D eigenvalue weighted by molar-refractivity contribution is 5.76. The molecule has 1 rings (SSSR count). The van der Waals surface area contributed by atoms with E-state index in [1.54, 1.807) is 6.08 Å². The molecule has 11 nitrogen and oxygen atoms in total. The summed E-state index contributed by atoms with van der Waals surface area (Å²) in [6.45, 7) is 4.20. The first-order valence-electron chi connectivity index (χ1n) is 30.4. The molecule has 1 saturated heterocycles. The standard InChI is InChI=1S/C62H113NO10/c1-3-5-7-9-11-13-15-28-32-36-40-44-48-55(65)54(53-72-62-61(70)60(69)59(68)56(52-64)73-62)63-57(66)49-45-41-37-33-29-26-24-22-20-18-17-19-21-23-25-27-31-35-39-43-47-51-71-58(67)50-46-42-38-34-30-16-14-12-10-8-6-4-2/h12,14,27,31,39,43-44,48,54-56,59-62,64-65,68-70H,3-11,13,15-26,28-30,32-38,40-42,45-47,49-53H2,1-2H3,(H,63,66)/b14-12-,31-27-,43-39-,48-44+. The summed E-state index contributed by atoms with van der Waals surface area (Å²) in [6, 6.07) is -0.814. The van der Waals surface area contributed by atoms with Crippen LogP contribution in [0.15, 0.2) is 48.6 Å². The van der Waals surface area contributed by atoms with Gasteiger partial charge in [-0.15, -0.1) is 0 Å². The Bertz CT molecular complexity index is 1350. The van der Waals surface area contributed by atoms with Crippen molar-refractivity contribution in [3.63, 3.8) is 0 Å². The Morgan fingerprint density at radius 3 is 1.42 bits per heavy atom. The number of ether oxygens (including phenoxy) is 3. The fourth-order valence-corrected chi connectivity index (χ4v) is 9.33. The number of nitrogens with one attached hydrogen (secondary N) is 1. The quantitative estimate of drug-likeness (QED) is 0.0195. The Balaban J connectivity index is 2.08. The van der Waals surface area contributed by atoms with Crippen LogP contribution >= 0.6 is 0 Å². The molecule has 0 spiro atoms. The maximum atomic E-state index is 13.0. The number of carbonyl (C=O) groups is 2. The molecule has 1 heterocycles. The van der Waals surface area contributed by atoms with Crippen LogP contribution in [0.3, 0.4) is 0 Å². The highest BCUT2D eigenvalue weighted by Crippen LogP contribution is 2.23. The van der Waals surface area contributed by atoms with Crippen LogP contribution in [-0.4, -0.2) is 100 Å². The Labute approximate surface area is 446 Å². The highest BCUT2D eigenvalue weighted by atomic mass is 16.7. The molecule has 0 aromatic heterocycles. The zero-order chi connectivity index (χ0) is 53.1. The average molecular weight is 1030 g/mol. The van der Waals surface area contributed by atoms with Crippen molar-refractivity contribution in [2.75, 3.05) is 19.8 Å². The smallest absolute Gasteiger partial charge is 0.305 e. The van der Waals surface area contributed by atoms with E-state index in [4.69, 9.17) is 14.2 Å². The summed E-state index contributed by atoms with van der Waals surface area (Å²) in [4.78, 5) is 25.0. The lowest BCUT2D eigenvalue weighted by molar-refractivity contribution is -0.302. The van der Waals surface area contributed by atoms with Crippen molar-refractivity contribution in [2.45, 2.75) is 314 Å². The molecule has 426 valence electrons.